The van der Waals surface area contributed by atoms with Crippen LogP contribution in [0.25, 0.3) is 0 Å². The Hall–Kier alpha value is -2.67. The number of methoxy groups -OCH3 is 1. The molecule has 2 amide bonds. The van der Waals surface area contributed by atoms with Gasteiger partial charge in [0, 0.05) is 11.4 Å². The van der Waals surface area contributed by atoms with E-state index in [2.05, 4.69) is 26.6 Å². The van der Waals surface area contributed by atoms with E-state index < -0.39 is 18.1 Å². The van der Waals surface area contributed by atoms with Gasteiger partial charge in [0.2, 0.25) is 11.8 Å². The normalized spacial score (nSPS) is 12.5. The summed E-state index contributed by atoms with van der Waals surface area (Å²) in [5.74, 6) is -0.928. The first-order valence-corrected chi connectivity index (χ1v) is 9.62. The molecule has 0 spiro atoms. The highest BCUT2D eigenvalue weighted by Crippen LogP contribution is 2.23. The number of halogens is 1. The van der Waals surface area contributed by atoms with Crippen molar-refractivity contribution in [2.75, 3.05) is 7.11 Å². The fourth-order valence-electron chi connectivity index (χ4n) is 2.85. The van der Waals surface area contributed by atoms with Crippen molar-refractivity contribution in [3.63, 3.8) is 0 Å². The Labute approximate surface area is 172 Å². The highest BCUT2D eigenvalue weighted by molar-refractivity contribution is 9.10. The summed E-state index contributed by atoms with van der Waals surface area (Å²) in [6.07, 6.45) is 0.0596. The van der Waals surface area contributed by atoms with Crippen molar-refractivity contribution in [2.45, 2.75) is 31.8 Å². The molecule has 2 rings (SSSR count). The minimum absolute atomic E-state index is 0.00876. The summed E-state index contributed by atoms with van der Waals surface area (Å²) < 4.78 is 5.60. The number of carbonyl (C=O) groups excluding carboxylic acids is 3. The summed E-state index contributed by atoms with van der Waals surface area (Å²) in [6, 6.07) is 15.7. The van der Waals surface area contributed by atoms with E-state index in [4.69, 9.17) is 4.74 Å². The second-order valence-electron chi connectivity index (χ2n) is 6.32. The Kier molecular flexibility index (Phi) is 8.19. The van der Waals surface area contributed by atoms with Gasteiger partial charge in [-0.2, -0.15) is 0 Å². The van der Waals surface area contributed by atoms with Crippen LogP contribution in [0, 0.1) is 0 Å². The van der Waals surface area contributed by atoms with Gasteiger partial charge in [-0.05, 0) is 23.3 Å². The lowest BCUT2D eigenvalue weighted by atomic mass is 10.0. The molecule has 2 aromatic carbocycles. The number of rotatable bonds is 8. The lowest BCUT2D eigenvalue weighted by molar-refractivity contribution is -0.141. The largest absolute Gasteiger partial charge is 0.469 e. The van der Waals surface area contributed by atoms with E-state index in [0.29, 0.717) is 0 Å². The number of ether oxygens (including phenoxy) is 1. The van der Waals surface area contributed by atoms with Gasteiger partial charge in [0.25, 0.3) is 0 Å². The molecule has 0 aliphatic rings. The van der Waals surface area contributed by atoms with E-state index in [1.807, 2.05) is 54.6 Å². The molecule has 0 aromatic heterocycles. The van der Waals surface area contributed by atoms with E-state index in [-0.39, 0.29) is 24.7 Å². The molecule has 6 nitrogen and oxygen atoms in total. The first kappa shape index (κ1) is 21.6. The van der Waals surface area contributed by atoms with Crippen molar-refractivity contribution in [3.8, 4) is 0 Å². The Morgan fingerprint density at radius 2 is 1.57 bits per heavy atom. The molecule has 2 aromatic rings. The quantitative estimate of drug-likeness (QED) is 0.608. The minimum atomic E-state index is -0.536. The van der Waals surface area contributed by atoms with Crippen molar-refractivity contribution in [1.29, 1.82) is 0 Å². The van der Waals surface area contributed by atoms with Crippen LogP contribution < -0.4 is 10.6 Å². The number of hydrogen-bond donors (Lipinski definition) is 2. The molecule has 0 saturated heterocycles. The van der Waals surface area contributed by atoms with E-state index in [1.165, 1.54) is 14.0 Å². The fraction of sp³-hybridized carbons (Fsp3) is 0.286. The predicted molar refractivity (Wildman–Crippen MR) is 109 cm³/mol. The first-order valence-electron chi connectivity index (χ1n) is 8.82. The van der Waals surface area contributed by atoms with Gasteiger partial charge < -0.3 is 15.4 Å². The van der Waals surface area contributed by atoms with Crippen LogP contribution in [-0.2, 0) is 19.1 Å². The molecule has 0 aliphatic heterocycles. The van der Waals surface area contributed by atoms with Gasteiger partial charge in [0.15, 0.2) is 0 Å². The predicted octanol–water partition coefficient (Wildman–Crippen LogP) is 3.44. The number of esters is 1. The van der Waals surface area contributed by atoms with Crippen LogP contribution in [0.15, 0.2) is 59.1 Å². The Balaban J connectivity index is 2.16. The molecule has 148 valence electrons. The lowest BCUT2D eigenvalue weighted by Gasteiger charge is -2.22. The van der Waals surface area contributed by atoms with Gasteiger partial charge in [-0.25, -0.2) is 0 Å². The molecule has 2 atom stereocenters. The van der Waals surface area contributed by atoms with Crippen LogP contribution >= 0.6 is 15.9 Å². The Morgan fingerprint density at radius 1 is 0.929 bits per heavy atom. The van der Waals surface area contributed by atoms with Gasteiger partial charge in [0.1, 0.15) is 0 Å². The van der Waals surface area contributed by atoms with Gasteiger partial charge in [-0.15, -0.1) is 0 Å². The molecular formula is C21H23BrN2O4. The summed E-state index contributed by atoms with van der Waals surface area (Å²) in [5, 5.41) is 5.69. The van der Waals surface area contributed by atoms with Crippen LogP contribution in [0.5, 0.6) is 0 Å². The SMILES string of the molecule is COC(=O)CC(NC(=O)CC(NC(C)=O)c1ccccc1)c1cccc(Br)c1. The maximum Gasteiger partial charge on any atom is 0.307 e. The topological polar surface area (TPSA) is 84.5 Å². The van der Waals surface area contributed by atoms with Gasteiger partial charge >= 0.3 is 5.97 Å². The molecule has 0 radical (unpaired) electrons. The third kappa shape index (κ3) is 6.81. The van der Waals surface area contributed by atoms with Crippen molar-refractivity contribution in [1.82, 2.24) is 10.6 Å². The minimum Gasteiger partial charge on any atom is -0.469 e. The summed E-state index contributed by atoms with van der Waals surface area (Å²) in [4.78, 5) is 36.1. The monoisotopic (exact) mass is 446 g/mol. The molecule has 2 unspecified atom stereocenters. The van der Waals surface area contributed by atoms with Crippen LogP contribution in [-0.4, -0.2) is 24.9 Å². The first-order chi connectivity index (χ1) is 13.4. The maximum absolute atomic E-state index is 12.7. The molecular weight excluding hydrogens is 424 g/mol. The zero-order valence-electron chi connectivity index (χ0n) is 15.8. The van der Waals surface area contributed by atoms with Crippen molar-refractivity contribution >= 4 is 33.7 Å². The van der Waals surface area contributed by atoms with E-state index in [0.717, 1.165) is 15.6 Å². The highest BCUT2D eigenvalue weighted by Gasteiger charge is 2.22. The summed E-state index contributed by atoms with van der Waals surface area (Å²) >= 11 is 3.40. The van der Waals surface area contributed by atoms with Gasteiger partial charge in [0.05, 0.1) is 32.0 Å². The highest BCUT2D eigenvalue weighted by atomic mass is 79.9. The van der Waals surface area contributed by atoms with Crippen LogP contribution in [0.2, 0.25) is 0 Å². The van der Waals surface area contributed by atoms with Crippen molar-refractivity contribution < 1.29 is 19.1 Å². The van der Waals surface area contributed by atoms with Gasteiger partial charge in [-0.1, -0.05) is 58.4 Å². The zero-order valence-corrected chi connectivity index (χ0v) is 17.4. The second kappa shape index (κ2) is 10.6. The molecule has 28 heavy (non-hydrogen) atoms. The maximum atomic E-state index is 12.7. The third-order valence-electron chi connectivity index (χ3n) is 4.15. The zero-order chi connectivity index (χ0) is 20.5. The fourth-order valence-corrected chi connectivity index (χ4v) is 3.26. The number of carbonyl (C=O) groups is 3. The third-order valence-corrected chi connectivity index (χ3v) is 4.65. The smallest absolute Gasteiger partial charge is 0.307 e. The Morgan fingerprint density at radius 3 is 2.18 bits per heavy atom. The molecule has 7 heteroatoms. The summed E-state index contributed by atoms with van der Waals surface area (Å²) in [5.41, 5.74) is 1.61. The standard InChI is InChI=1S/C21H23BrN2O4/c1-14(25)23-18(15-7-4-3-5-8-15)12-20(26)24-19(13-21(27)28-2)16-9-6-10-17(22)11-16/h3-11,18-19H,12-13H2,1-2H3,(H,23,25)(H,24,26). The molecule has 0 fully saturated rings. The lowest BCUT2D eigenvalue weighted by Crippen LogP contribution is -2.35. The second-order valence-corrected chi connectivity index (χ2v) is 7.24. The van der Waals surface area contributed by atoms with Crippen molar-refractivity contribution in [2.24, 2.45) is 0 Å². The molecule has 0 aliphatic carbocycles. The molecule has 0 heterocycles. The summed E-state index contributed by atoms with van der Waals surface area (Å²) in [6.45, 7) is 1.41. The van der Waals surface area contributed by atoms with E-state index in [9.17, 15) is 14.4 Å². The number of amides is 2. The van der Waals surface area contributed by atoms with Crippen molar-refractivity contribution in [3.05, 3.63) is 70.2 Å². The molecule has 2 N–H and O–H groups in total. The number of benzene rings is 2. The average Bonchev–Trinajstić information content (AvgIpc) is 2.67. The Bertz CT molecular complexity index is 826. The van der Waals surface area contributed by atoms with Gasteiger partial charge in [-0.3, -0.25) is 14.4 Å². The average molecular weight is 447 g/mol. The van der Waals surface area contributed by atoms with Crippen LogP contribution in [0.3, 0.4) is 0 Å². The van der Waals surface area contributed by atoms with E-state index >= 15 is 0 Å². The van der Waals surface area contributed by atoms with E-state index in [1.54, 1.807) is 0 Å². The molecule has 0 saturated carbocycles. The summed E-state index contributed by atoms with van der Waals surface area (Å²) in [7, 11) is 1.31. The number of nitrogens with one attached hydrogen (secondary N) is 2. The van der Waals surface area contributed by atoms with Crippen LogP contribution in [0.4, 0.5) is 0 Å². The van der Waals surface area contributed by atoms with Crippen LogP contribution in [0.1, 0.15) is 43.0 Å². The number of hydrogen-bond acceptors (Lipinski definition) is 4. The molecule has 0 bridgehead atoms.